The highest BCUT2D eigenvalue weighted by molar-refractivity contribution is 6.35. The molecule has 2 aromatic rings. The van der Waals surface area contributed by atoms with Crippen molar-refractivity contribution < 1.29 is 9.63 Å². The zero-order chi connectivity index (χ0) is 13.7. The molecule has 6 heteroatoms. The predicted octanol–water partition coefficient (Wildman–Crippen LogP) is 3.28. The van der Waals surface area contributed by atoms with Gasteiger partial charge in [-0.15, -0.1) is 0 Å². The number of hydrogen-bond acceptors (Lipinski definition) is 4. The van der Waals surface area contributed by atoms with Crippen LogP contribution < -0.4 is 0 Å². The van der Waals surface area contributed by atoms with Crippen LogP contribution in [-0.4, -0.2) is 21.9 Å². The highest BCUT2D eigenvalue weighted by Gasteiger charge is 2.09. The number of aliphatic hydroxyl groups excluding tert-OH is 1. The number of hydrogen-bond donors (Lipinski definition) is 1. The van der Waals surface area contributed by atoms with E-state index < -0.39 is 0 Å². The molecule has 4 nitrogen and oxygen atoms in total. The Kier molecular flexibility index (Phi) is 5.19. The first kappa shape index (κ1) is 14.3. The van der Waals surface area contributed by atoms with Crippen molar-refractivity contribution in [3.8, 4) is 0 Å². The van der Waals surface area contributed by atoms with Gasteiger partial charge < -0.3 is 9.63 Å². The summed E-state index contributed by atoms with van der Waals surface area (Å²) in [6.45, 7) is 0.182. The van der Waals surface area contributed by atoms with Gasteiger partial charge in [-0.25, -0.2) is 0 Å². The van der Waals surface area contributed by atoms with E-state index in [1.807, 2.05) is 6.07 Å². The third-order valence-electron chi connectivity index (χ3n) is 2.67. The molecule has 2 rings (SSSR count). The topological polar surface area (TPSA) is 59.2 Å². The number of rotatable bonds is 6. The number of halogens is 2. The lowest BCUT2D eigenvalue weighted by atomic mass is 10.1. The molecule has 0 spiro atoms. The van der Waals surface area contributed by atoms with Crippen LogP contribution in [0.15, 0.2) is 22.7 Å². The van der Waals surface area contributed by atoms with E-state index in [0.717, 1.165) is 18.4 Å². The van der Waals surface area contributed by atoms with E-state index in [1.54, 1.807) is 12.1 Å². The second-order valence-corrected chi connectivity index (χ2v) is 5.04. The van der Waals surface area contributed by atoms with Gasteiger partial charge in [-0.05, 0) is 30.5 Å². The SMILES string of the molecule is OCCCCc1nc(Cc2ccc(Cl)cc2Cl)no1. The molecule has 0 unspecified atom stereocenters. The van der Waals surface area contributed by atoms with Crippen LogP contribution in [0.3, 0.4) is 0 Å². The normalized spacial score (nSPS) is 10.9. The van der Waals surface area contributed by atoms with Gasteiger partial charge in [-0.1, -0.05) is 34.4 Å². The highest BCUT2D eigenvalue weighted by Crippen LogP contribution is 2.22. The maximum absolute atomic E-state index is 8.71. The average Bonchev–Trinajstić information content (AvgIpc) is 2.81. The molecule has 1 heterocycles. The minimum Gasteiger partial charge on any atom is -0.396 e. The lowest BCUT2D eigenvalue weighted by Gasteiger charge is -2.00. The Morgan fingerprint density at radius 3 is 2.79 bits per heavy atom. The van der Waals surface area contributed by atoms with Gasteiger partial charge in [-0.2, -0.15) is 4.98 Å². The fraction of sp³-hybridized carbons (Fsp3) is 0.385. The summed E-state index contributed by atoms with van der Waals surface area (Å²) < 4.78 is 5.14. The largest absolute Gasteiger partial charge is 0.396 e. The average molecular weight is 301 g/mol. The van der Waals surface area contributed by atoms with E-state index in [1.165, 1.54) is 0 Å². The van der Waals surface area contributed by atoms with Crippen molar-refractivity contribution in [3.05, 3.63) is 45.5 Å². The molecule has 0 bridgehead atoms. The monoisotopic (exact) mass is 300 g/mol. The van der Waals surface area contributed by atoms with Crippen molar-refractivity contribution in [1.82, 2.24) is 10.1 Å². The highest BCUT2D eigenvalue weighted by atomic mass is 35.5. The molecule has 1 aromatic carbocycles. The molecule has 0 aliphatic rings. The van der Waals surface area contributed by atoms with Gasteiger partial charge in [0.1, 0.15) is 0 Å². The van der Waals surface area contributed by atoms with Crippen molar-refractivity contribution in [2.45, 2.75) is 25.7 Å². The Bertz CT molecular complexity index is 543. The van der Waals surface area contributed by atoms with E-state index >= 15 is 0 Å². The second-order valence-electron chi connectivity index (χ2n) is 4.20. The molecule has 19 heavy (non-hydrogen) atoms. The molecule has 0 saturated carbocycles. The van der Waals surface area contributed by atoms with Crippen LogP contribution in [0.4, 0.5) is 0 Å². The lowest BCUT2D eigenvalue weighted by Crippen LogP contribution is -1.93. The van der Waals surface area contributed by atoms with Crippen LogP contribution in [0.5, 0.6) is 0 Å². The molecule has 0 aliphatic carbocycles. The molecule has 0 amide bonds. The Morgan fingerprint density at radius 1 is 1.21 bits per heavy atom. The molecule has 0 radical (unpaired) electrons. The van der Waals surface area contributed by atoms with Gasteiger partial charge in [-0.3, -0.25) is 0 Å². The van der Waals surface area contributed by atoms with Gasteiger partial charge in [0, 0.05) is 29.5 Å². The third kappa shape index (κ3) is 4.20. The predicted molar refractivity (Wildman–Crippen MR) is 73.6 cm³/mol. The van der Waals surface area contributed by atoms with Crippen LogP contribution >= 0.6 is 23.2 Å². The molecule has 1 aromatic heterocycles. The Labute approximate surface area is 121 Å². The van der Waals surface area contributed by atoms with Crippen LogP contribution in [-0.2, 0) is 12.8 Å². The molecule has 0 fully saturated rings. The van der Waals surface area contributed by atoms with E-state index in [0.29, 0.717) is 34.6 Å². The number of benzene rings is 1. The van der Waals surface area contributed by atoms with E-state index in [9.17, 15) is 0 Å². The Balaban J connectivity index is 1.99. The zero-order valence-corrected chi connectivity index (χ0v) is 11.8. The number of nitrogens with zero attached hydrogens (tertiary/aromatic N) is 2. The van der Waals surface area contributed by atoms with Gasteiger partial charge in [0.2, 0.25) is 5.89 Å². The van der Waals surface area contributed by atoms with Crippen LogP contribution in [0.25, 0.3) is 0 Å². The smallest absolute Gasteiger partial charge is 0.226 e. The second kappa shape index (κ2) is 6.89. The molecule has 1 N–H and O–H groups in total. The minimum atomic E-state index is 0.182. The van der Waals surface area contributed by atoms with Gasteiger partial charge in [0.25, 0.3) is 0 Å². The maximum Gasteiger partial charge on any atom is 0.226 e. The van der Waals surface area contributed by atoms with Crippen LogP contribution in [0.1, 0.15) is 30.1 Å². The summed E-state index contributed by atoms with van der Waals surface area (Å²) in [5.41, 5.74) is 0.911. The zero-order valence-electron chi connectivity index (χ0n) is 10.3. The van der Waals surface area contributed by atoms with Crippen molar-refractivity contribution >= 4 is 23.2 Å². The van der Waals surface area contributed by atoms with Crippen molar-refractivity contribution in [1.29, 1.82) is 0 Å². The summed E-state index contributed by atoms with van der Waals surface area (Å²) in [6.07, 6.45) is 2.77. The summed E-state index contributed by atoms with van der Waals surface area (Å²) in [5, 5.41) is 13.8. The Morgan fingerprint density at radius 2 is 2.05 bits per heavy atom. The van der Waals surface area contributed by atoms with Gasteiger partial charge in [0.05, 0.1) is 0 Å². The summed E-state index contributed by atoms with van der Waals surface area (Å²) >= 11 is 11.9. The first-order chi connectivity index (χ1) is 9.19. The molecule has 0 saturated heterocycles. The molecule has 102 valence electrons. The number of aryl methyl sites for hydroxylation is 1. The maximum atomic E-state index is 8.71. The third-order valence-corrected chi connectivity index (χ3v) is 3.26. The molecular formula is C13H14Cl2N2O2. The van der Waals surface area contributed by atoms with Crippen LogP contribution in [0, 0.1) is 0 Å². The fourth-order valence-electron chi connectivity index (χ4n) is 1.69. The van der Waals surface area contributed by atoms with E-state index in [4.69, 9.17) is 32.8 Å². The van der Waals surface area contributed by atoms with Crippen molar-refractivity contribution in [3.63, 3.8) is 0 Å². The Hall–Kier alpha value is -1.10. The van der Waals surface area contributed by atoms with Crippen molar-refractivity contribution in [2.75, 3.05) is 6.61 Å². The van der Waals surface area contributed by atoms with Crippen LogP contribution in [0.2, 0.25) is 10.0 Å². The molecule has 0 aliphatic heterocycles. The summed E-state index contributed by atoms with van der Waals surface area (Å²) in [7, 11) is 0. The summed E-state index contributed by atoms with van der Waals surface area (Å²) in [6, 6.07) is 5.33. The number of unbranched alkanes of at least 4 members (excludes halogenated alkanes) is 1. The first-order valence-electron chi connectivity index (χ1n) is 6.05. The van der Waals surface area contributed by atoms with Gasteiger partial charge in [0.15, 0.2) is 5.82 Å². The molecular weight excluding hydrogens is 287 g/mol. The summed E-state index contributed by atoms with van der Waals surface area (Å²) in [5.74, 6) is 1.19. The minimum absolute atomic E-state index is 0.182. The lowest BCUT2D eigenvalue weighted by molar-refractivity contribution is 0.280. The number of aromatic nitrogens is 2. The standard InChI is InChI=1S/C13H14Cl2N2O2/c14-10-5-4-9(11(15)8-10)7-12-16-13(19-17-12)3-1-2-6-18/h4-5,8,18H,1-3,6-7H2. The first-order valence-corrected chi connectivity index (χ1v) is 6.81. The fourth-order valence-corrected chi connectivity index (χ4v) is 2.16. The summed E-state index contributed by atoms with van der Waals surface area (Å²) in [4.78, 5) is 4.29. The number of aliphatic hydroxyl groups is 1. The van der Waals surface area contributed by atoms with Crippen molar-refractivity contribution in [2.24, 2.45) is 0 Å². The van der Waals surface area contributed by atoms with E-state index in [-0.39, 0.29) is 6.61 Å². The van der Waals surface area contributed by atoms with E-state index in [2.05, 4.69) is 10.1 Å². The quantitative estimate of drug-likeness (QED) is 0.832. The van der Waals surface area contributed by atoms with Gasteiger partial charge >= 0.3 is 0 Å². The molecule has 0 atom stereocenters.